The van der Waals surface area contributed by atoms with E-state index >= 15 is 0 Å². The highest BCUT2D eigenvalue weighted by molar-refractivity contribution is 6.16. The SMILES string of the molecule is c1ccc(-c2cc(-c3ccccc3)nc(-n3c4ccccc4c4cc(-c5ccc6c(c5)c5ccccc5n6-c5cncc(-n6c7ccccc7c7ncccc76)c5)ccc43)c2)cc1.c1ccc(-c2cc(-c3ccccc3)nc(-n3c4ccccc4c4cc(-c5ccc6c(c5)c5ccccc5n6-c5ncc(-n6c7ccccc7c7ncccc76)cn5)ccc43)c2)cc1. The first-order valence-electron chi connectivity index (χ1n) is 42.4. The maximum absolute atomic E-state index is 5.34. The van der Waals surface area contributed by atoms with Gasteiger partial charge in [-0.3, -0.25) is 28.7 Å². The number of hydrogen-bond acceptors (Lipinski definition) is 7. The molecule has 0 aliphatic carbocycles. The van der Waals surface area contributed by atoms with E-state index in [1.165, 1.54) is 32.3 Å². The van der Waals surface area contributed by atoms with E-state index in [-0.39, 0.29) is 0 Å². The lowest BCUT2D eigenvalue weighted by Crippen LogP contribution is -2.03. The third-order valence-corrected chi connectivity index (χ3v) is 25.0. The second kappa shape index (κ2) is 29.3. The Morgan fingerprint density at radius 2 is 0.460 bits per heavy atom. The largest absolute Gasteiger partial charge is 0.308 e. The van der Waals surface area contributed by atoms with Crippen molar-refractivity contribution in [3.8, 4) is 102 Å². The Morgan fingerprint density at radius 1 is 0.167 bits per heavy atom. The van der Waals surface area contributed by atoms with Crippen molar-refractivity contribution in [1.82, 2.24) is 62.3 Å². The normalized spacial score (nSPS) is 11.8. The smallest absolute Gasteiger partial charge is 0.234 e. The third kappa shape index (κ3) is 11.7. The highest BCUT2D eigenvalue weighted by atomic mass is 15.2. The molecule has 14 aromatic carbocycles. The topological polar surface area (TPSA) is 120 Å². The summed E-state index contributed by atoms with van der Waals surface area (Å²) < 4.78 is 13.6. The van der Waals surface area contributed by atoms with Gasteiger partial charge < -0.3 is 13.7 Å². The van der Waals surface area contributed by atoms with Crippen molar-refractivity contribution in [1.29, 1.82) is 0 Å². The van der Waals surface area contributed by atoms with Gasteiger partial charge >= 0.3 is 0 Å². The number of aromatic nitrogens is 13. The Bertz CT molecular complexity index is 8620. The Balaban J connectivity index is 0.000000137. The van der Waals surface area contributed by atoms with Crippen LogP contribution in [0.15, 0.2) is 431 Å². The molecular formula is C113H71N13. The summed E-state index contributed by atoms with van der Waals surface area (Å²) in [6.07, 6.45) is 11.4. The third-order valence-electron chi connectivity index (χ3n) is 25.0. The number of fused-ring (bicyclic) bond motifs is 18. The van der Waals surface area contributed by atoms with Gasteiger partial charge in [-0.15, -0.1) is 0 Å². The minimum atomic E-state index is 0.617. The molecule has 12 aromatic heterocycles. The Kier molecular flexibility index (Phi) is 16.6. The molecule has 0 aliphatic heterocycles. The van der Waals surface area contributed by atoms with Gasteiger partial charge in [0.15, 0.2) is 0 Å². The minimum absolute atomic E-state index is 0.617. The van der Waals surface area contributed by atoms with Crippen LogP contribution < -0.4 is 0 Å². The van der Waals surface area contributed by atoms with Crippen LogP contribution in [0.3, 0.4) is 0 Å². The number of rotatable bonds is 12. The zero-order valence-corrected chi connectivity index (χ0v) is 67.8. The molecule has 588 valence electrons. The number of benzene rings is 14. The number of nitrogens with zero attached hydrogens (tertiary/aromatic N) is 13. The van der Waals surface area contributed by atoms with Gasteiger partial charge in [-0.2, -0.15) is 0 Å². The average molecular weight is 1610 g/mol. The predicted molar refractivity (Wildman–Crippen MR) is 516 cm³/mol. The zero-order valence-electron chi connectivity index (χ0n) is 67.8. The lowest BCUT2D eigenvalue weighted by molar-refractivity contribution is 0.967. The Hall–Kier alpha value is -17.3. The standard InChI is InChI=1S/C57H36N6.C56H35N7/c1-3-14-37(15-4-1)41-32-49(38-16-5-2-6-17-38)60-56(33-41)63-51-22-11-8-19-45(51)48-31-40(26-28-54(48)63)39-25-27-53-47(30-39)44-18-7-10-21-50(44)61(53)42-34-43(36-58-35-42)62-52-23-12-9-20-46(52)57-55(62)24-13-29-59-57;1-3-14-36(15-4-1)40-32-47(37-16-5-2-6-17-37)60-54(33-40)62-48-21-10-7-18-42(48)45-30-38(25-27-51(45)62)39-26-28-52-46(31-39)43-19-8-11-22-49(43)63(52)56-58-34-41(35-59-56)61-50-23-12-9-20-44(50)55-53(61)24-13-29-57-55/h1-36H;1-35H. The first-order valence-corrected chi connectivity index (χ1v) is 42.4. The second-order valence-electron chi connectivity index (χ2n) is 32.1. The van der Waals surface area contributed by atoms with Crippen molar-refractivity contribution in [3.63, 3.8) is 0 Å². The molecule has 0 amide bonds. The fourth-order valence-electron chi connectivity index (χ4n) is 19.3. The van der Waals surface area contributed by atoms with Crippen molar-refractivity contribution in [2.24, 2.45) is 0 Å². The molecular weight excluding hydrogens is 1540 g/mol. The van der Waals surface area contributed by atoms with Gasteiger partial charge in [0.2, 0.25) is 5.95 Å². The highest BCUT2D eigenvalue weighted by Crippen LogP contribution is 2.44. The van der Waals surface area contributed by atoms with Crippen LogP contribution in [0.25, 0.3) is 233 Å². The van der Waals surface area contributed by atoms with Crippen molar-refractivity contribution >= 4 is 131 Å². The summed E-state index contributed by atoms with van der Waals surface area (Å²) in [6.45, 7) is 0. The molecule has 126 heavy (non-hydrogen) atoms. The molecule has 0 aliphatic rings. The van der Waals surface area contributed by atoms with Gasteiger partial charge in [0.1, 0.15) is 11.6 Å². The molecule has 0 radical (unpaired) electrons. The van der Waals surface area contributed by atoms with E-state index in [1.807, 2.05) is 61.4 Å². The summed E-state index contributed by atoms with van der Waals surface area (Å²) in [4.78, 5) is 35.0. The van der Waals surface area contributed by atoms with E-state index in [0.717, 1.165) is 194 Å². The molecule has 12 heterocycles. The highest BCUT2D eigenvalue weighted by Gasteiger charge is 2.25. The minimum Gasteiger partial charge on any atom is -0.308 e. The van der Waals surface area contributed by atoms with Crippen LogP contribution >= 0.6 is 0 Å². The van der Waals surface area contributed by atoms with E-state index in [0.29, 0.717) is 5.95 Å². The van der Waals surface area contributed by atoms with E-state index in [4.69, 9.17) is 34.9 Å². The van der Waals surface area contributed by atoms with Crippen LogP contribution in [0.4, 0.5) is 0 Å². The molecule has 0 saturated heterocycles. The molecule has 0 unspecified atom stereocenters. The molecule has 13 heteroatoms. The summed E-state index contributed by atoms with van der Waals surface area (Å²) in [5.74, 6) is 2.38. The van der Waals surface area contributed by atoms with E-state index < -0.39 is 0 Å². The van der Waals surface area contributed by atoms with Crippen molar-refractivity contribution in [3.05, 3.63) is 431 Å². The first-order chi connectivity index (χ1) is 62.5. The van der Waals surface area contributed by atoms with E-state index in [1.54, 1.807) is 0 Å². The van der Waals surface area contributed by atoms with Crippen LogP contribution in [0, 0.1) is 0 Å². The van der Waals surface area contributed by atoms with Crippen molar-refractivity contribution in [2.75, 3.05) is 0 Å². The van der Waals surface area contributed by atoms with Crippen molar-refractivity contribution in [2.45, 2.75) is 0 Å². The fraction of sp³-hybridized carbons (Fsp3) is 0. The quantitative estimate of drug-likeness (QED) is 0.119. The number of para-hydroxylation sites is 6. The molecule has 0 saturated carbocycles. The van der Waals surface area contributed by atoms with Crippen LogP contribution in [0.1, 0.15) is 0 Å². The predicted octanol–water partition coefficient (Wildman–Crippen LogP) is 27.7. The summed E-state index contributed by atoms with van der Waals surface area (Å²) in [5.41, 5.74) is 31.0. The van der Waals surface area contributed by atoms with Crippen molar-refractivity contribution < 1.29 is 0 Å². The molecule has 13 nitrogen and oxygen atoms in total. The van der Waals surface area contributed by atoms with Crippen LogP contribution in [-0.4, -0.2) is 62.3 Å². The maximum atomic E-state index is 5.34. The molecule has 0 atom stereocenters. The molecule has 26 rings (SSSR count). The molecule has 0 spiro atoms. The summed E-state index contributed by atoms with van der Waals surface area (Å²) in [6, 6.07) is 140. The summed E-state index contributed by atoms with van der Waals surface area (Å²) in [5, 5.41) is 11.6. The maximum Gasteiger partial charge on any atom is 0.234 e. The van der Waals surface area contributed by atoms with Gasteiger partial charge in [-0.05, 0) is 184 Å². The van der Waals surface area contributed by atoms with Gasteiger partial charge in [0, 0.05) is 77.4 Å². The van der Waals surface area contributed by atoms with Crippen LogP contribution in [0.2, 0.25) is 0 Å². The van der Waals surface area contributed by atoms with Gasteiger partial charge in [0.25, 0.3) is 0 Å². The zero-order chi connectivity index (χ0) is 82.9. The summed E-state index contributed by atoms with van der Waals surface area (Å²) in [7, 11) is 0. The fourth-order valence-corrected chi connectivity index (χ4v) is 19.3. The number of pyridine rings is 5. The van der Waals surface area contributed by atoms with Gasteiger partial charge in [0.05, 0.1) is 130 Å². The number of hydrogen-bond donors (Lipinski definition) is 0. The molecule has 0 N–H and O–H groups in total. The van der Waals surface area contributed by atoms with E-state index in [9.17, 15) is 0 Å². The van der Waals surface area contributed by atoms with E-state index in [2.05, 4.69) is 397 Å². The first kappa shape index (κ1) is 71.6. The van der Waals surface area contributed by atoms with Crippen LogP contribution in [0.5, 0.6) is 0 Å². The molecule has 0 bridgehead atoms. The molecule has 26 aromatic rings. The lowest BCUT2D eigenvalue weighted by Gasteiger charge is -2.13. The lowest BCUT2D eigenvalue weighted by atomic mass is 10.0. The Labute approximate surface area is 721 Å². The summed E-state index contributed by atoms with van der Waals surface area (Å²) >= 11 is 0. The van der Waals surface area contributed by atoms with Crippen LogP contribution in [-0.2, 0) is 0 Å². The molecule has 0 fully saturated rings. The second-order valence-corrected chi connectivity index (χ2v) is 32.1. The van der Waals surface area contributed by atoms with Gasteiger partial charge in [-0.25, -0.2) is 19.9 Å². The van der Waals surface area contributed by atoms with Gasteiger partial charge in [-0.1, -0.05) is 255 Å². The Morgan fingerprint density at radius 3 is 0.857 bits per heavy atom. The average Bonchev–Trinajstić information content (AvgIpc) is 1.58. The monoisotopic (exact) mass is 1610 g/mol.